The quantitative estimate of drug-likeness (QED) is 0.598. The molecule has 0 saturated heterocycles. The number of rotatable bonds is 6. The average molecular weight is 301 g/mol. The summed E-state index contributed by atoms with van der Waals surface area (Å²) in [5.41, 5.74) is 1.27. The van der Waals surface area contributed by atoms with Crippen LogP contribution < -0.4 is 4.74 Å². The molecule has 0 N–H and O–H groups in total. The monoisotopic (exact) mass is 300 g/mol. The second kappa shape index (κ2) is 7.33. The summed E-state index contributed by atoms with van der Waals surface area (Å²) in [5, 5.41) is 0.211. The molecule has 1 aromatic carbocycles. The first kappa shape index (κ1) is 14.0. The fourth-order valence-electron chi connectivity index (χ4n) is 1.32. The summed E-state index contributed by atoms with van der Waals surface area (Å²) in [4.78, 5) is 11.0. The van der Waals surface area contributed by atoms with Crippen LogP contribution in [0.15, 0.2) is 24.3 Å². The van der Waals surface area contributed by atoms with Gasteiger partial charge in [0.25, 0.3) is 0 Å². The normalized spacial score (nSPS) is 11.9. The highest BCUT2D eigenvalue weighted by molar-refractivity contribution is 9.09. The second-order valence-electron chi connectivity index (χ2n) is 3.74. The van der Waals surface area contributed by atoms with Gasteiger partial charge in [-0.2, -0.15) is 0 Å². The molecule has 3 nitrogen and oxygen atoms in total. The highest BCUT2D eigenvalue weighted by Crippen LogP contribution is 2.13. The van der Waals surface area contributed by atoms with E-state index in [0.717, 1.165) is 12.2 Å². The highest BCUT2D eigenvalue weighted by atomic mass is 79.9. The van der Waals surface area contributed by atoms with E-state index in [-0.39, 0.29) is 17.4 Å². The van der Waals surface area contributed by atoms with Gasteiger partial charge in [-0.25, -0.2) is 0 Å². The van der Waals surface area contributed by atoms with Crippen LogP contribution in [-0.4, -0.2) is 24.0 Å². The number of halogens is 1. The summed E-state index contributed by atoms with van der Waals surface area (Å²) < 4.78 is 10.6. The zero-order chi connectivity index (χ0) is 12.7. The van der Waals surface area contributed by atoms with E-state index >= 15 is 0 Å². The number of carbonyl (C=O) groups is 1. The Kier molecular flexibility index (Phi) is 6.05. The lowest BCUT2D eigenvalue weighted by molar-refractivity contribution is -0.146. The molecular formula is C13H17BrO3. The minimum atomic E-state index is -0.276. The van der Waals surface area contributed by atoms with Crippen molar-refractivity contribution in [2.24, 2.45) is 0 Å². The van der Waals surface area contributed by atoms with Gasteiger partial charge >= 0.3 is 5.97 Å². The number of carbonyl (C=O) groups excluding carboxylic acids is 1. The first-order valence-electron chi connectivity index (χ1n) is 5.63. The maximum absolute atomic E-state index is 11.0. The molecule has 94 valence electrons. The third-order valence-corrected chi connectivity index (χ3v) is 2.72. The Morgan fingerprint density at radius 1 is 1.35 bits per heavy atom. The molecule has 4 heteroatoms. The molecule has 0 aromatic heterocycles. The Balaban J connectivity index is 2.36. The van der Waals surface area contributed by atoms with Crippen molar-refractivity contribution < 1.29 is 14.3 Å². The molecule has 0 radical (unpaired) electrons. The van der Waals surface area contributed by atoms with Gasteiger partial charge in [-0.15, -0.1) is 0 Å². The van der Waals surface area contributed by atoms with Crippen LogP contribution in [-0.2, 0) is 16.0 Å². The molecule has 0 fully saturated rings. The smallest absolute Gasteiger partial charge is 0.316 e. The number of esters is 1. The highest BCUT2D eigenvalue weighted by Gasteiger charge is 2.08. The summed E-state index contributed by atoms with van der Waals surface area (Å²) in [6, 6.07) is 7.92. The van der Waals surface area contributed by atoms with Crippen LogP contribution >= 0.6 is 15.9 Å². The first-order valence-corrected chi connectivity index (χ1v) is 6.75. The van der Waals surface area contributed by atoms with Crippen LogP contribution in [0.4, 0.5) is 0 Å². The van der Waals surface area contributed by atoms with E-state index in [1.807, 2.05) is 24.3 Å². The van der Waals surface area contributed by atoms with E-state index in [1.54, 1.807) is 6.92 Å². The molecule has 1 atom stereocenters. The molecule has 0 amide bonds. The third-order valence-electron chi connectivity index (χ3n) is 2.26. The number of ether oxygens (including phenoxy) is 2. The predicted octanol–water partition coefficient (Wildman–Crippen LogP) is 2.95. The van der Waals surface area contributed by atoms with Crippen molar-refractivity contribution in [2.75, 3.05) is 11.9 Å². The van der Waals surface area contributed by atoms with Crippen molar-refractivity contribution in [1.82, 2.24) is 0 Å². The Morgan fingerprint density at radius 2 is 2.00 bits per heavy atom. The SMILES string of the molecule is CCc1ccc(OCC(C)OC(=O)CBr)cc1. The zero-order valence-corrected chi connectivity index (χ0v) is 11.7. The largest absolute Gasteiger partial charge is 0.490 e. The fourth-order valence-corrected chi connectivity index (χ4v) is 1.46. The molecule has 0 spiro atoms. The fraction of sp³-hybridized carbons (Fsp3) is 0.462. The number of aryl methyl sites for hydroxylation is 1. The predicted molar refractivity (Wildman–Crippen MR) is 70.7 cm³/mol. The topological polar surface area (TPSA) is 35.5 Å². The Hall–Kier alpha value is -1.03. The van der Waals surface area contributed by atoms with Crippen LogP contribution in [0.2, 0.25) is 0 Å². The summed E-state index contributed by atoms with van der Waals surface area (Å²) in [7, 11) is 0. The lowest BCUT2D eigenvalue weighted by Crippen LogP contribution is -2.22. The maximum Gasteiger partial charge on any atom is 0.316 e. The van der Waals surface area contributed by atoms with Crippen molar-refractivity contribution in [3.05, 3.63) is 29.8 Å². The number of alkyl halides is 1. The minimum Gasteiger partial charge on any atom is -0.490 e. The van der Waals surface area contributed by atoms with Crippen molar-refractivity contribution in [2.45, 2.75) is 26.4 Å². The Labute approximate surface area is 110 Å². The molecule has 0 aliphatic rings. The van der Waals surface area contributed by atoms with E-state index in [9.17, 15) is 4.79 Å². The van der Waals surface area contributed by atoms with Gasteiger partial charge in [0, 0.05) is 0 Å². The molecule has 1 aromatic rings. The molecule has 1 rings (SSSR count). The van der Waals surface area contributed by atoms with Gasteiger partial charge < -0.3 is 9.47 Å². The average Bonchev–Trinajstić information content (AvgIpc) is 2.36. The van der Waals surface area contributed by atoms with Crippen LogP contribution in [0.3, 0.4) is 0 Å². The summed E-state index contributed by atoms with van der Waals surface area (Å²) in [5.74, 6) is 0.520. The van der Waals surface area contributed by atoms with Crippen LogP contribution in [0.25, 0.3) is 0 Å². The molecule has 0 saturated carbocycles. The lowest BCUT2D eigenvalue weighted by atomic mass is 10.2. The number of benzene rings is 1. The van der Waals surface area contributed by atoms with Gasteiger partial charge in [-0.3, -0.25) is 4.79 Å². The second-order valence-corrected chi connectivity index (χ2v) is 4.30. The van der Waals surface area contributed by atoms with Crippen LogP contribution in [0.5, 0.6) is 5.75 Å². The standard InChI is InChI=1S/C13H17BrO3/c1-3-11-4-6-12(7-5-11)16-9-10(2)17-13(15)8-14/h4-7,10H,3,8-9H2,1-2H3. The van der Waals surface area contributed by atoms with Gasteiger partial charge in [0.05, 0.1) is 0 Å². The molecule has 0 aliphatic carbocycles. The van der Waals surface area contributed by atoms with Gasteiger partial charge in [-0.1, -0.05) is 35.0 Å². The van der Waals surface area contributed by atoms with Gasteiger partial charge in [0.15, 0.2) is 0 Å². The van der Waals surface area contributed by atoms with Crippen molar-refractivity contribution in [3.63, 3.8) is 0 Å². The maximum atomic E-state index is 11.0. The molecular weight excluding hydrogens is 284 g/mol. The lowest BCUT2D eigenvalue weighted by Gasteiger charge is -2.13. The van der Waals surface area contributed by atoms with E-state index in [1.165, 1.54) is 5.56 Å². The van der Waals surface area contributed by atoms with E-state index in [0.29, 0.717) is 6.61 Å². The third kappa shape index (κ3) is 5.22. The molecule has 17 heavy (non-hydrogen) atoms. The number of hydrogen-bond acceptors (Lipinski definition) is 3. The van der Waals surface area contributed by atoms with E-state index in [4.69, 9.17) is 9.47 Å². The summed E-state index contributed by atoms with van der Waals surface area (Å²) >= 11 is 3.04. The Morgan fingerprint density at radius 3 is 2.53 bits per heavy atom. The summed E-state index contributed by atoms with van der Waals surface area (Å²) in [6.07, 6.45) is 0.769. The Bertz CT molecular complexity index is 348. The summed E-state index contributed by atoms with van der Waals surface area (Å²) in [6.45, 7) is 4.28. The van der Waals surface area contributed by atoms with Gasteiger partial charge in [0.2, 0.25) is 0 Å². The minimum absolute atomic E-state index is 0.211. The van der Waals surface area contributed by atoms with Crippen molar-refractivity contribution in [1.29, 1.82) is 0 Å². The van der Waals surface area contributed by atoms with Crippen molar-refractivity contribution in [3.8, 4) is 5.75 Å². The zero-order valence-electron chi connectivity index (χ0n) is 10.1. The molecule has 0 bridgehead atoms. The molecule has 1 unspecified atom stereocenters. The molecule has 0 aliphatic heterocycles. The first-order chi connectivity index (χ1) is 8.15. The molecule has 0 heterocycles. The van der Waals surface area contributed by atoms with Crippen molar-refractivity contribution >= 4 is 21.9 Å². The van der Waals surface area contributed by atoms with Crippen LogP contribution in [0, 0.1) is 0 Å². The van der Waals surface area contributed by atoms with Crippen LogP contribution in [0.1, 0.15) is 19.4 Å². The van der Waals surface area contributed by atoms with Gasteiger partial charge in [0.1, 0.15) is 23.8 Å². The van der Waals surface area contributed by atoms with E-state index < -0.39 is 0 Å². The number of hydrogen-bond donors (Lipinski definition) is 0. The van der Waals surface area contributed by atoms with Gasteiger partial charge in [-0.05, 0) is 31.0 Å². The van der Waals surface area contributed by atoms with E-state index in [2.05, 4.69) is 22.9 Å².